The predicted octanol–water partition coefficient (Wildman–Crippen LogP) is 5.57. The lowest BCUT2D eigenvalue weighted by Crippen LogP contribution is -2.28. The van der Waals surface area contributed by atoms with Crippen LogP contribution in [0.25, 0.3) is 11.4 Å². The molecule has 1 aromatic carbocycles. The minimum absolute atomic E-state index is 0.231. The molecule has 0 unspecified atom stereocenters. The zero-order chi connectivity index (χ0) is 19.7. The number of hydrogen-bond acceptors (Lipinski definition) is 4. The van der Waals surface area contributed by atoms with Gasteiger partial charge >= 0.3 is 0 Å². The van der Waals surface area contributed by atoms with Crippen LogP contribution < -0.4 is 5.32 Å². The van der Waals surface area contributed by atoms with Crippen LogP contribution in [-0.4, -0.2) is 15.0 Å². The van der Waals surface area contributed by atoms with E-state index in [1.54, 1.807) is 24.5 Å². The zero-order valence-electron chi connectivity index (χ0n) is 16.5. The lowest BCUT2D eigenvalue weighted by molar-refractivity contribution is 0.215. The lowest BCUT2D eigenvalue weighted by atomic mass is 9.71. The van der Waals surface area contributed by atoms with Gasteiger partial charge in [-0.25, -0.2) is 14.4 Å². The predicted molar refractivity (Wildman–Crippen MR) is 110 cm³/mol. The van der Waals surface area contributed by atoms with E-state index in [9.17, 15) is 4.39 Å². The summed E-state index contributed by atoms with van der Waals surface area (Å²) in [4.78, 5) is 13.8. The van der Waals surface area contributed by atoms with Crippen molar-refractivity contribution in [2.75, 3.05) is 5.32 Å². The van der Waals surface area contributed by atoms with Crippen LogP contribution in [0, 0.1) is 17.2 Å². The first-order valence-corrected chi connectivity index (χ1v) is 9.73. The Kier molecular flexibility index (Phi) is 4.84. The van der Waals surface area contributed by atoms with Gasteiger partial charge in [0, 0.05) is 34.9 Å². The van der Waals surface area contributed by atoms with Crippen molar-refractivity contribution in [1.82, 2.24) is 15.0 Å². The molecule has 2 heterocycles. The van der Waals surface area contributed by atoms with E-state index in [1.165, 1.54) is 17.7 Å². The maximum atomic E-state index is 13.3. The second-order valence-electron chi connectivity index (χ2n) is 8.49. The van der Waals surface area contributed by atoms with Crippen molar-refractivity contribution in [2.45, 2.75) is 40.0 Å². The van der Waals surface area contributed by atoms with Crippen molar-refractivity contribution in [3.63, 3.8) is 0 Å². The van der Waals surface area contributed by atoms with Crippen LogP contribution in [0.2, 0.25) is 0 Å². The molecule has 0 aliphatic heterocycles. The Morgan fingerprint density at radius 2 is 1.71 bits per heavy atom. The molecule has 28 heavy (non-hydrogen) atoms. The molecule has 3 aromatic rings. The minimum atomic E-state index is -0.250. The molecule has 0 amide bonds. The normalized spacial score (nSPS) is 16.5. The summed E-state index contributed by atoms with van der Waals surface area (Å²) in [5.41, 5.74) is 4.27. The molecule has 0 fully saturated rings. The smallest absolute Gasteiger partial charge is 0.161 e. The van der Waals surface area contributed by atoms with Gasteiger partial charge in [0.05, 0.1) is 0 Å². The van der Waals surface area contributed by atoms with Crippen LogP contribution in [-0.2, 0) is 12.8 Å². The number of hydrogen-bond donors (Lipinski definition) is 1. The summed E-state index contributed by atoms with van der Waals surface area (Å²) in [5, 5.41) is 3.41. The summed E-state index contributed by atoms with van der Waals surface area (Å²) in [7, 11) is 0. The molecule has 0 spiro atoms. The first-order chi connectivity index (χ1) is 13.4. The molecule has 0 saturated carbocycles. The third kappa shape index (κ3) is 3.88. The van der Waals surface area contributed by atoms with Crippen molar-refractivity contribution >= 4 is 11.5 Å². The van der Waals surface area contributed by atoms with E-state index in [-0.39, 0.29) is 11.2 Å². The summed E-state index contributed by atoms with van der Waals surface area (Å²) in [6, 6.07) is 10.2. The Hall–Kier alpha value is -2.82. The Morgan fingerprint density at radius 3 is 2.39 bits per heavy atom. The SMILES string of the molecule is CC(C)(C)[C@@H]1CCc2nc(-c3ccncc3)nc(Nc3ccc(F)cc3)c2C1. The van der Waals surface area contributed by atoms with E-state index in [4.69, 9.17) is 9.97 Å². The Bertz CT molecular complexity index is 962. The lowest BCUT2D eigenvalue weighted by Gasteiger charge is -2.35. The Balaban J connectivity index is 1.77. The van der Waals surface area contributed by atoms with Gasteiger partial charge in [-0.05, 0) is 67.0 Å². The van der Waals surface area contributed by atoms with Crippen molar-refractivity contribution < 1.29 is 4.39 Å². The highest BCUT2D eigenvalue weighted by atomic mass is 19.1. The fourth-order valence-electron chi connectivity index (χ4n) is 3.75. The number of nitrogens with one attached hydrogen (secondary N) is 1. The number of nitrogens with zero attached hydrogens (tertiary/aromatic N) is 3. The molecule has 0 bridgehead atoms. The second kappa shape index (κ2) is 7.30. The minimum Gasteiger partial charge on any atom is -0.340 e. The molecule has 1 aliphatic rings. The number of halogens is 1. The van der Waals surface area contributed by atoms with E-state index in [2.05, 4.69) is 31.1 Å². The maximum absolute atomic E-state index is 13.3. The van der Waals surface area contributed by atoms with Crippen LogP contribution in [0.1, 0.15) is 38.4 Å². The average molecular weight is 376 g/mol. The standard InChI is InChI=1S/C23H25FN4/c1-23(2,3)16-4-9-20-19(14-16)22(26-18-7-5-17(24)6-8-18)28-21(27-20)15-10-12-25-13-11-15/h5-8,10-13,16H,4,9,14H2,1-3H3,(H,26,27,28)/t16-/m1/s1. The largest absolute Gasteiger partial charge is 0.340 e. The van der Waals surface area contributed by atoms with Gasteiger partial charge in [0.25, 0.3) is 0 Å². The first-order valence-electron chi connectivity index (χ1n) is 9.73. The van der Waals surface area contributed by atoms with Gasteiger partial charge in [0.15, 0.2) is 5.82 Å². The molecule has 1 atom stereocenters. The van der Waals surface area contributed by atoms with Gasteiger partial charge < -0.3 is 5.32 Å². The van der Waals surface area contributed by atoms with Crippen molar-refractivity contribution in [2.24, 2.45) is 11.3 Å². The average Bonchev–Trinajstić information content (AvgIpc) is 2.69. The second-order valence-corrected chi connectivity index (χ2v) is 8.49. The molecule has 144 valence electrons. The number of pyridine rings is 1. The number of anilines is 2. The van der Waals surface area contributed by atoms with Gasteiger partial charge in [0.2, 0.25) is 0 Å². The Labute approximate surface area is 165 Å². The fraction of sp³-hybridized carbons (Fsp3) is 0.348. The number of benzene rings is 1. The number of rotatable bonds is 3. The molecule has 0 saturated heterocycles. The monoisotopic (exact) mass is 376 g/mol. The molecule has 4 rings (SSSR count). The van der Waals surface area contributed by atoms with Crippen molar-refractivity contribution in [1.29, 1.82) is 0 Å². The summed E-state index contributed by atoms with van der Waals surface area (Å²) in [6.45, 7) is 6.88. The highest BCUT2D eigenvalue weighted by Gasteiger charge is 2.31. The van der Waals surface area contributed by atoms with Crippen molar-refractivity contribution in [3.05, 3.63) is 65.9 Å². The third-order valence-electron chi connectivity index (χ3n) is 5.54. The summed E-state index contributed by atoms with van der Waals surface area (Å²) < 4.78 is 13.3. The van der Waals surface area contributed by atoms with Gasteiger partial charge in [0.1, 0.15) is 11.6 Å². The zero-order valence-corrected chi connectivity index (χ0v) is 16.5. The van der Waals surface area contributed by atoms with Crippen molar-refractivity contribution in [3.8, 4) is 11.4 Å². The summed E-state index contributed by atoms with van der Waals surface area (Å²) in [5.74, 6) is 1.84. The van der Waals surface area contributed by atoms with E-state index in [1.807, 2.05) is 12.1 Å². The van der Waals surface area contributed by atoms with E-state index in [0.717, 1.165) is 42.0 Å². The van der Waals surface area contributed by atoms with Gasteiger partial charge in [-0.3, -0.25) is 4.98 Å². The molecular formula is C23H25FN4. The van der Waals surface area contributed by atoms with Gasteiger partial charge in [-0.2, -0.15) is 0 Å². The molecule has 0 radical (unpaired) electrons. The van der Waals surface area contributed by atoms with E-state index < -0.39 is 0 Å². The van der Waals surface area contributed by atoms with Gasteiger partial charge in [-0.1, -0.05) is 20.8 Å². The van der Waals surface area contributed by atoms with Crippen LogP contribution >= 0.6 is 0 Å². The van der Waals surface area contributed by atoms with Crippen LogP contribution in [0.3, 0.4) is 0 Å². The number of aromatic nitrogens is 3. The highest BCUT2D eigenvalue weighted by molar-refractivity contribution is 5.65. The van der Waals surface area contributed by atoms with E-state index in [0.29, 0.717) is 11.7 Å². The molecule has 5 heteroatoms. The molecule has 1 N–H and O–H groups in total. The summed E-state index contributed by atoms with van der Waals surface area (Å²) >= 11 is 0. The third-order valence-corrected chi connectivity index (χ3v) is 5.54. The fourth-order valence-corrected chi connectivity index (χ4v) is 3.75. The number of aryl methyl sites for hydroxylation is 1. The molecule has 4 nitrogen and oxygen atoms in total. The highest BCUT2D eigenvalue weighted by Crippen LogP contribution is 2.39. The van der Waals surface area contributed by atoms with Gasteiger partial charge in [-0.15, -0.1) is 0 Å². The van der Waals surface area contributed by atoms with Crippen LogP contribution in [0.15, 0.2) is 48.8 Å². The molecule has 1 aliphatic carbocycles. The van der Waals surface area contributed by atoms with Crippen LogP contribution in [0.5, 0.6) is 0 Å². The molecule has 2 aromatic heterocycles. The maximum Gasteiger partial charge on any atom is 0.161 e. The number of fused-ring (bicyclic) bond motifs is 1. The topological polar surface area (TPSA) is 50.7 Å². The first kappa shape index (κ1) is 18.5. The van der Waals surface area contributed by atoms with Crippen LogP contribution in [0.4, 0.5) is 15.9 Å². The Morgan fingerprint density at radius 1 is 1.00 bits per heavy atom. The van der Waals surface area contributed by atoms with E-state index >= 15 is 0 Å². The molecular weight excluding hydrogens is 351 g/mol. The quantitative estimate of drug-likeness (QED) is 0.649. The summed E-state index contributed by atoms with van der Waals surface area (Å²) in [6.07, 6.45) is 6.51.